The summed E-state index contributed by atoms with van der Waals surface area (Å²) in [7, 11) is 0. The van der Waals surface area contributed by atoms with Crippen LogP contribution in [-0.4, -0.2) is 274 Å². The van der Waals surface area contributed by atoms with E-state index in [1.54, 1.807) is 0 Å². The van der Waals surface area contributed by atoms with Crippen LogP contribution in [0.25, 0.3) is 0 Å². The van der Waals surface area contributed by atoms with Crippen LogP contribution in [0.1, 0.15) is 113 Å². The minimum atomic E-state index is -2.13. The second-order valence-electron chi connectivity index (χ2n) is 28.8. The maximum absolute atomic E-state index is 12.6. The average molecular weight is 1240 g/mol. The van der Waals surface area contributed by atoms with E-state index in [9.17, 15) is 86.5 Å². The molecule has 0 bridgehead atoms. The van der Waals surface area contributed by atoms with E-state index in [4.69, 9.17) is 47.4 Å². The SMILES string of the molecule is C[C@@H]1O[C@@H](O[C@H]2[C@H](O[C@H]3[C@H](O[C@@H]4CC[C@@]5(C)[C@@H](CC[C@]6(C)[C@@H]5CC=C5[C@@H]7CC(C)(C)C[C@@H](O[C@@H]8OC[C@H](O)[C@H](O)[C@H]8O[C@@H]8O[C@H](CO)[C@@H](O)[C@H](O)[C@H]8O)[C@]7(C)CC[C@]56C)[C@@]4(C)CO)O[C@H](C(=O)O)[C@@H](O)[C@@H]3O)O[C@H](CO)[C@H](O)[C@@H]2O)[C@H](O)[C@H](O)[C@H]1O. The van der Waals surface area contributed by atoms with Crippen molar-refractivity contribution in [1.29, 1.82) is 0 Å². The van der Waals surface area contributed by atoms with Gasteiger partial charge in [-0.3, -0.25) is 0 Å². The first kappa shape index (κ1) is 67.1. The molecule has 27 heteroatoms. The van der Waals surface area contributed by atoms with E-state index < -0.39 is 195 Å². The van der Waals surface area contributed by atoms with Gasteiger partial charge in [-0.2, -0.15) is 0 Å². The van der Waals surface area contributed by atoms with E-state index in [-0.39, 0.29) is 47.2 Å². The lowest BCUT2D eigenvalue weighted by molar-refractivity contribution is -0.396. The quantitative estimate of drug-likeness (QED) is 0.0608. The monoisotopic (exact) mass is 1240 g/mol. The summed E-state index contributed by atoms with van der Waals surface area (Å²) in [5.41, 5.74) is -1.46. The summed E-state index contributed by atoms with van der Waals surface area (Å²) < 4.78 is 61.3. The van der Waals surface area contributed by atoms with Crippen molar-refractivity contribution in [1.82, 2.24) is 0 Å². The Morgan fingerprint density at radius 3 is 1.70 bits per heavy atom. The van der Waals surface area contributed by atoms with Gasteiger partial charge in [0.05, 0.1) is 44.7 Å². The maximum Gasteiger partial charge on any atom is 0.335 e. The zero-order valence-electron chi connectivity index (χ0n) is 50.2. The van der Waals surface area contributed by atoms with Gasteiger partial charge in [0.2, 0.25) is 0 Å². The van der Waals surface area contributed by atoms with Crippen molar-refractivity contribution in [2.75, 3.05) is 26.4 Å². The molecule has 0 amide bonds. The smallest absolute Gasteiger partial charge is 0.335 e. The number of hydrogen-bond acceptors (Lipinski definition) is 26. The molecule has 86 heavy (non-hydrogen) atoms. The van der Waals surface area contributed by atoms with Crippen molar-refractivity contribution in [2.24, 2.45) is 50.2 Å². The Kier molecular flexibility index (Phi) is 19.2. The summed E-state index contributed by atoms with van der Waals surface area (Å²) in [5.74, 6) is -1.74. The fourth-order valence-electron chi connectivity index (χ4n) is 17.8. The molecular formula is C59H96O27. The van der Waals surface area contributed by atoms with Gasteiger partial charge in [0.25, 0.3) is 0 Å². The van der Waals surface area contributed by atoms with E-state index >= 15 is 0 Å². The Morgan fingerprint density at radius 2 is 1.08 bits per heavy atom. The molecule has 34 atom stereocenters. The molecule has 0 aromatic carbocycles. The molecule has 0 unspecified atom stereocenters. The van der Waals surface area contributed by atoms with Crippen molar-refractivity contribution in [3.05, 3.63) is 11.6 Å². The normalized spacial score (nSPS) is 55.7. The number of hydrogen-bond donors (Lipinski definition) is 16. The molecule has 0 spiro atoms. The van der Waals surface area contributed by atoms with Gasteiger partial charge in [-0.15, -0.1) is 0 Å². The number of allylic oxidation sites excluding steroid dienone is 2. The third kappa shape index (κ3) is 11.1. The van der Waals surface area contributed by atoms with Crippen molar-refractivity contribution in [3.63, 3.8) is 0 Å². The number of rotatable bonds is 14. The number of ether oxygens (including phenoxy) is 10. The molecule has 5 heterocycles. The van der Waals surface area contributed by atoms with Crippen LogP contribution in [0.3, 0.4) is 0 Å². The molecule has 0 radical (unpaired) electrons. The van der Waals surface area contributed by atoms with E-state index in [1.807, 2.05) is 6.92 Å². The summed E-state index contributed by atoms with van der Waals surface area (Å²) in [5, 5.41) is 173. The Morgan fingerprint density at radius 1 is 0.535 bits per heavy atom. The van der Waals surface area contributed by atoms with Gasteiger partial charge in [-0.1, -0.05) is 60.1 Å². The molecular weight excluding hydrogens is 1140 g/mol. The van der Waals surface area contributed by atoms with E-state index in [0.717, 1.165) is 25.7 Å². The Labute approximate surface area is 499 Å². The lowest BCUT2D eigenvalue weighted by atomic mass is 9.33. The number of aliphatic hydroxyl groups excluding tert-OH is 15. The van der Waals surface area contributed by atoms with Crippen LogP contribution >= 0.6 is 0 Å². The number of aliphatic carboxylic acids is 1. The zero-order valence-corrected chi connectivity index (χ0v) is 50.2. The Bertz CT molecular complexity index is 2400. The lowest BCUT2D eigenvalue weighted by Crippen LogP contribution is -2.68. The first-order valence-electron chi connectivity index (χ1n) is 30.7. The number of aliphatic hydroxyl groups is 15. The highest BCUT2D eigenvalue weighted by Gasteiger charge is 2.70. The first-order valence-corrected chi connectivity index (χ1v) is 30.7. The number of fused-ring (bicyclic) bond motifs is 7. The Balaban J connectivity index is 0.897. The molecule has 27 nitrogen and oxygen atoms in total. The van der Waals surface area contributed by atoms with Crippen LogP contribution in [0.2, 0.25) is 0 Å². The fraction of sp³-hybridized carbons (Fsp3) is 0.949. The van der Waals surface area contributed by atoms with E-state index in [2.05, 4.69) is 47.6 Å². The molecule has 10 rings (SSSR count). The van der Waals surface area contributed by atoms with Crippen LogP contribution in [0.5, 0.6) is 0 Å². The van der Waals surface area contributed by atoms with Crippen LogP contribution in [-0.2, 0) is 52.2 Å². The molecule has 10 aliphatic rings. The highest BCUT2D eigenvalue weighted by atomic mass is 16.8. The largest absolute Gasteiger partial charge is 0.479 e. The van der Waals surface area contributed by atoms with Crippen LogP contribution < -0.4 is 0 Å². The van der Waals surface area contributed by atoms with Gasteiger partial charge < -0.3 is 129 Å². The number of carboxylic acid groups (broad SMARTS) is 1. The summed E-state index contributed by atoms with van der Waals surface area (Å²) in [6.45, 7) is 14.7. The summed E-state index contributed by atoms with van der Waals surface area (Å²) >= 11 is 0. The summed E-state index contributed by atoms with van der Waals surface area (Å²) in [6.07, 6.45) is -33.8. The third-order valence-electron chi connectivity index (χ3n) is 23.3. The van der Waals surface area contributed by atoms with Crippen LogP contribution in [0, 0.1) is 50.2 Å². The van der Waals surface area contributed by atoms with Crippen molar-refractivity contribution in [3.8, 4) is 0 Å². The first-order chi connectivity index (χ1) is 40.2. The summed E-state index contributed by atoms with van der Waals surface area (Å²) in [4.78, 5) is 12.6. The minimum absolute atomic E-state index is 0.0183. The predicted octanol–water partition coefficient (Wildman–Crippen LogP) is -3.01. The molecule has 4 saturated carbocycles. The number of carboxylic acids is 1. The topological polar surface area (TPSA) is 433 Å². The van der Waals surface area contributed by atoms with Crippen molar-refractivity contribution < 1.29 is 134 Å². The van der Waals surface area contributed by atoms with Gasteiger partial charge in [0, 0.05) is 10.8 Å². The molecule has 5 saturated heterocycles. The molecule has 9 fully saturated rings. The molecule has 494 valence electrons. The van der Waals surface area contributed by atoms with Crippen LogP contribution in [0.4, 0.5) is 0 Å². The molecule has 0 aromatic rings. The van der Waals surface area contributed by atoms with Gasteiger partial charge >= 0.3 is 5.97 Å². The number of carbonyl (C=O) groups is 1. The standard InChI is InChI=1S/C59H96O27/c1-23-33(64)37(68)42(73)49(78-23)85-46-39(70)36(67)28(20-61)80-52(46)86-47-41(72)40(71)44(48(75)76)83-53(47)81-31-12-13-56(5)29(57(31,6)22-62)11-14-59(8)30(56)10-9-24-25-17-54(2,3)18-32(55(25,4)15-16-58(24,59)7)82-51-45(34(65)26(63)21-77-51)84-50-43(74)38(69)35(66)27(19-60)79-50/h9,23,25-47,49-53,60-74H,10-22H2,1-8H3,(H,75,76)/t23-,25-,26-,27+,28+,29+,30+,31+,32+,33-,34-,35+,36-,37+,38-,39-,40-,41-,42+,43+,44-,45+,46+,47+,49-,50-,51-,52-,53+,55+,56-,57+,58+,59+/m0/s1. The molecule has 5 aliphatic heterocycles. The van der Waals surface area contributed by atoms with Gasteiger partial charge in [-0.05, 0) is 104 Å². The third-order valence-corrected chi connectivity index (χ3v) is 23.3. The zero-order chi connectivity index (χ0) is 62.9. The highest BCUT2D eigenvalue weighted by molar-refractivity contribution is 5.73. The minimum Gasteiger partial charge on any atom is -0.479 e. The highest BCUT2D eigenvalue weighted by Crippen LogP contribution is 2.76. The van der Waals surface area contributed by atoms with Crippen molar-refractivity contribution >= 4 is 5.97 Å². The molecule has 16 N–H and O–H groups in total. The second-order valence-corrected chi connectivity index (χ2v) is 28.8. The fourth-order valence-corrected chi connectivity index (χ4v) is 17.8. The van der Waals surface area contributed by atoms with E-state index in [0.29, 0.717) is 32.1 Å². The van der Waals surface area contributed by atoms with E-state index in [1.165, 1.54) is 12.5 Å². The van der Waals surface area contributed by atoms with Gasteiger partial charge in [0.1, 0.15) is 104 Å². The second kappa shape index (κ2) is 24.6. The Hall–Kier alpha value is -1.79. The lowest BCUT2D eigenvalue weighted by Gasteiger charge is -2.72. The molecule has 5 aliphatic carbocycles. The maximum atomic E-state index is 12.6. The average Bonchev–Trinajstić information content (AvgIpc) is 0.711. The van der Waals surface area contributed by atoms with Crippen molar-refractivity contribution in [2.45, 2.75) is 273 Å². The van der Waals surface area contributed by atoms with Gasteiger partial charge in [-0.25, -0.2) is 4.79 Å². The summed E-state index contributed by atoms with van der Waals surface area (Å²) in [6, 6.07) is 0. The predicted molar refractivity (Wildman–Crippen MR) is 290 cm³/mol. The molecule has 0 aromatic heterocycles. The van der Waals surface area contributed by atoms with Crippen LogP contribution in [0.15, 0.2) is 11.6 Å². The van der Waals surface area contributed by atoms with Gasteiger partial charge in [0.15, 0.2) is 37.6 Å².